The predicted molar refractivity (Wildman–Crippen MR) is 69.8 cm³/mol. The van der Waals surface area contributed by atoms with Gasteiger partial charge >= 0.3 is 0 Å². The standard InChI is InChI=1S/C14H12N4/c1-10-12(8-5-9-15-10)14-16-13(17-18-14)11-6-3-2-4-7-11/h2-9H,1H3,(H,16,17,18). The van der Waals surface area contributed by atoms with Crippen LogP contribution in [0.2, 0.25) is 0 Å². The van der Waals surface area contributed by atoms with Crippen molar-refractivity contribution < 1.29 is 0 Å². The van der Waals surface area contributed by atoms with E-state index >= 15 is 0 Å². The molecule has 0 saturated carbocycles. The number of pyridine rings is 1. The number of rotatable bonds is 2. The van der Waals surface area contributed by atoms with Crippen LogP contribution in [0.4, 0.5) is 0 Å². The van der Waals surface area contributed by atoms with E-state index in [1.807, 2.05) is 49.4 Å². The van der Waals surface area contributed by atoms with Crippen LogP contribution in [0.5, 0.6) is 0 Å². The van der Waals surface area contributed by atoms with Gasteiger partial charge < -0.3 is 0 Å². The number of nitrogens with one attached hydrogen (secondary N) is 1. The van der Waals surface area contributed by atoms with Crippen LogP contribution in [0.25, 0.3) is 22.8 Å². The van der Waals surface area contributed by atoms with Crippen LogP contribution in [0, 0.1) is 6.92 Å². The molecule has 2 aromatic heterocycles. The average Bonchev–Trinajstić information content (AvgIpc) is 2.90. The van der Waals surface area contributed by atoms with E-state index in [2.05, 4.69) is 20.2 Å². The highest BCUT2D eigenvalue weighted by Gasteiger charge is 2.09. The summed E-state index contributed by atoms with van der Waals surface area (Å²) >= 11 is 0. The van der Waals surface area contributed by atoms with E-state index in [-0.39, 0.29) is 0 Å². The first-order chi connectivity index (χ1) is 8.84. The van der Waals surface area contributed by atoms with Crippen molar-refractivity contribution in [3.8, 4) is 22.8 Å². The van der Waals surface area contributed by atoms with Gasteiger partial charge in [-0.2, -0.15) is 5.10 Å². The lowest BCUT2D eigenvalue weighted by molar-refractivity contribution is 1.09. The Labute approximate surface area is 105 Å². The molecule has 0 aliphatic rings. The molecule has 2 heterocycles. The molecule has 3 aromatic rings. The van der Waals surface area contributed by atoms with Crippen LogP contribution in [0.3, 0.4) is 0 Å². The molecule has 0 aliphatic heterocycles. The van der Waals surface area contributed by atoms with E-state index in [9.17, 15) is 0 Å². The Bertz CT molecular complexity index is 658. The smallest absolute Gasteiger partial charge is 0.181 e. The van der Waals surface area contributed by atoms with Gasteiger partial charge in [0.15, 0.2) is 11.6 Å². The fraction of sp³-hybridized carbons (Fsp3) is 0.0714. The van der Waals surface area contributed by atoms with Crippen molar-refractivity contribution >= 4 is 0 Å². The van der Waals surface area contributed by atoms with E-state index in [0.717, 1.165) is 22.6 Å². The first kappa shape index (κ1) is 10.7. The van der Waals surface area contributed by atoms with E-state index in [1.54, 1.807) is 6.20 Å². The number of benzene rings is 1. The van der Waals surface area contributed by atoms with Gasteiger partial charge in [-0.05, 0) is 19.1 Å². The number of hydrogen-bond donors (Lipinski definition) is 1. The molecular weight excluding hydrogens is 224 g/mol. The maximum atomic E-state index is 4.50. The van der Waals surface area contributed by atoms with Crippen LogP contribution in [0.1, 0.15) is 5.69 Å². The van der Waals surface area contributed by atoms with Crippen LogP contribution in [-0.4, -0.2) is 20.2 Å². The molecule has 1 N–H and O–H groups in total. The zero-order valence-corrected chi connectivity index (χ0v) is 9.96. The molecule has 0 aliphatic carbocycles. The van der Waals surface area contributed by atoms with Gasteiger partial charge in [-0.25, -0.2) is 4.98 Å². The van der Waals surface area contributed by atoms with Gasteiger partial charge in [0.1, 0.15) is 0 Å². The Balaban J connectivity index is 2.03. The lowest BCUT2D eigenvalue weighted by Crippen LogP contribution is -1.88. The fourth-order valence-corrected chi connectivity index (χ4v) is 1.83. The maximum absolute atomic E-state index is 4.50. The Kier molecular flexibility index (Phi) is 2.61. The molecule has 4 heteroatoms. The van der Waals surface area contributed by atoms with Crippen molar-refractivity contribution in [1.29, 1.82) is 0 Å². The molecule has 0 unspecified atom stereocenters. The monoisotopic (exact) mass is 236 g/mol. The minimum absolute atomic E-state index is 0.703. The number of H-pyrrole nitrogens is 1. The molecule has 0 bridgehead atoms. The SMILES string of the molecule is Cc1ncccc1-c1nc(-c2ccccc2)n[nH]1. The minimum Gasteiger partial charge on any atom is -0.261 e. The average molecular weight is 236 g/mol. The van der Waals surface area contributed by atoms with Gasteiger partial charge in [0.05, 0.1) is 0 Å². The zero-order chi connectivity index (χ0) is 12.4. The van der Waals surface area contributed by atoms with Crippen molar-refractivity contribution in [2.45, 2.75) is 6.92 Å². The molecule has 0 saturated heterocycles. The number of hydrogen-bond acceptors (Lipinski definition) is 3. The summed E-state index contributed by atoms with van der Waals surface area (Å²) in [7, 11) is 0. The van der Waals surface area contributed by atoms with Crippen LogP contribution in [0.15, 0.2) is 48.7 Å². The summed E-state index contributed by atoms with van der Waals surface area (Å²) in [5.41, 5.74) is 2.92. The summed E-state index contributed by atoms with van der Waals surface area (Å²) in [5.74, 6) is 1.45. The number of aryl methyl sites for hydroxylation is 1. The molecule has 0 spiro atoms. The summed E-state index contributed by atoms with van der Waals surface area (Å²) in [6.45, 7) is 1.96. The molecule has 0 amide bonds. The highest BCUT2D eigenvalue weighted by Crippen LogP contribution is 2.20. The molecule has 88 valence electrons. The topological polar surface area (TPSA) is 54.5 Å². The van der Waals surface area contributed by atoms with E-state index in [4.69, 9.17) is 0 Å². The summed E-state index contributed by atoms with van der Waals surface area (Å²) in [4.78, 5) is 8.75. The van der Waals surface area contributed by atoms with Crippen molar-refractivity contribution in [2.24, 2.45) is 0 Å². The molecule has 4 nitrogen and oxygen atoms in total. The Morgan fingerprint density at radius 2 is 1.83 bits per heavy atom. The zero-order valence-electron chi connectivity index (χ0n) is 9.96. The van der Waals surface area contributed by atoms with E-state index in [1.165, 1.54) is 0 Å². The largest absolute Gasteiger partial charge is 0.261 e. The second-order valence-electron chi connectivity index (χ2n) is 4.01. The molecule has 0 radical (unpaired) electrons. The summed E-state index contributed by atoms with van der Waals surface area (Å²) in [6, 6.07) is 13.8. The minimum atomic E-state index is 0.703. The van der Waals surface area contributed by atoms with Crippen LogP contribution < -0.4 is 0 Å². The molecule has 1 aromatic carbocycles. The van der Waals surface area contributed by atoms with Gasteiger partial charge in [-0.1, -0.05) is 30.3 Å². The van der Waals surface area contributed by atoms with Crippen LogP contribution >= 0.6 is 0 Å². The lowest BCUT2D eigenvalue weighted by Gasteiger charge is -1.98. The van der Waals surface area contributed by atoms with Gasteiger partial charge in [0.2, 0.25) is 0 Å². The van der Waals surface area contributed by atoms with E-state index in [0.29, 0.717) is 5.82 Å². The molecule has 3 rings (SSSR count). The second-order valence-corrected chi connectivity index (χ2v) is 4.01. The van der Waals surface area contributed by atoms with Crippen LogP contribution in [-0.2, 0) is 0 Å². The third-order valence-corrected chi connectivity index (χ3v) is 2.78. The van der Waals surface area contributed by atoms with Gasteiger partial charge in [-0.15, -0.1) is 0 Å². The second kappa shape index (κ2) is 4.41. The number of aromatic amines is 1. The van der Waals surface area contributed by atoms with Crippen molar-refractivity contribution in [1.82, 2.24) is 20.2 Å². The maximum Gasteiger partial charge on any atom is 0.181 e. The number of aromatic nitrogens is 4. The lowest BCUT2D eigenvalue weighted by atomic mass is 10.2. The third-order valence-electron chi connectivity index (χ3n) is 2.78. The molecule has 0 fully saturated rings. The summed E-state index contributed by atoms with van der Waals surface area (Å²) in [5, 5.41) is 7.20. The van der Waals surface area contributed by atoms with Gasteiger partial charge in [-0.3, -0.25) is 10.1 Å². The Morgan fingerprint density at radius 1 is 1.00 bits per heavy atom. The van der Waals surface area contributed by atoms with Gasteiger partial charge in [0.25, 0.3) is 0 Å². The predicted octanol–water partition coefficient (Wildman–Crippen LogP) is 2.84. The number of nitrogens with zero attached hydrogens (tertiary/aromatic N) is 3. The molecule has 0 atom stereocenters. The highest BCUT2D eigenvalue weighted by molar-refractivity contribution is 5.62. The summed E-state index contributed by atoms with van der Waals surface area (Å²) in [6.07, 6.45) is 1.77. The third kappa shape index (κ3) is 1.88. The normalized spacial score (nSPS) is 10.5. The molecular formula is C14H12N4. The quantitative estimate of drug-likeness (QED) is 0.744. The molecule has 18 heavy (non-hydrogen) atoms. The van der Waals surface area contributed by atoms with E-state index < -0.39 is 0 Å². The Morgan fingerprint density at radius 3 is 2.61 bits per heavy atom. The van der Waals surface area contributed by atoms with Crippen molar-refractivity contribution in [3.05, 3.63) is 54.4 Å². The first-order valence-corrected chi connectivity index (χ1v) is 5.74. The van der Waals surface area contributed by atoms with Crippen molar-refractivity contribution in [3.63, 3.8) is 0 Å². The summed E-state index contributed by atoms with van der Waals surface area (Å²) < 4.78 is 0. The Hall–Kier alpha value is -2.49. The first-order valence-electron chi connectivity index (χ1n) is 5.74. The highest BCUT2D eigenvalue weighted by atomic mass is 15.2. The fourth-order valence-electron chi connectivity index (χ4n) is 1.83. The van der Waals surface area contributed by atoms with Gasteiger partial charge in [0, 0.05) is 23.0 Å². The van der Waals surface area contributed by atoms with Crippen molar-refractivity contribution in [2.75, 3.05) is 0 Å².